The van der Waals surface area contributed by atoms with Gasteiger partial charge in [-0.1, -0.05) is 30.3 Å². The van der Waals surface area contributed by atoms with Gasteiger partial charge in [0.15, 0.2) is 0 Å². The van der Waals surface area contributed by atoms with Crippen molar-refractivity contribution in [1.29, 1.82) is 0 Å². The van der Waals surface area contributed by atoms with E-state index in [0.717, 1.165) is 45.3 Å². The third-order valence-electron chi connectivity index (χ3n) is 3.87. The molecule has 0 aromatic heterocycles. The average molecular weight is 260 g/mol. The van der Waals surface area contributed by atoms with E-state index in [2.05, 4.69) is 29.6 Å². The molecular formula is C16H24N2O. The van der Waals surface area contributed by atoms with Crippen LogP contribution in [0.4, 0.5) is 0 Å². The number of benzene rings is 1. The highest BCUT2D eigenvalue weighted by molar-refractivity contribution is 5.78. The first-order valence-electron chi connectivity index (χ1n) is 7.27. The molecule has 3 heteroatoms. The van der Waals surface area contributed by atoms with E-state index in [-0.39, 0.29) is 5.92 Å². The summed E-state index contributed by atoms with van der Waals surface area (Å²) >= 11 is 0. The first-order chi connectivity index (χ1) is 9.27. The molecule has 1 heterocycles. The van der Waals surface area contributed by atoms with Crippen molar-refractivity contribution in [3.05, 3.63) is 35.9 Å². The van der Waals surface area contributed by atoms with Crippen LogP contribution >= 0.6 is 0 Å². The molecule has 0 atom stereocenters. The van der Waals surface area contributed by atoms with E-state index in [9.17, 15) is 4.79 Å². The Hall–Kier alpha value is -1.35. The minimum Gasteiger partial charge on any atom is -0.346 e. The van der Waals surface area contributed by atoms with E-state index >= 15 is 0 Å². The summed E-state index contributed by atoms with van der Waals surface area (Å²) in [6.07, 6.45) is 4.06. The van der Waals surface area contributed by atoms with Gasteiger partial charge >= 0.3 is 0 Å². The smallest absolute Gasteiger partial charge is 0.225 e. The summed E-state index contributed by atoms with van der Waals surface area (Å²) in [5, 5.41) is 3.30. The highest BCUT2D eigenvalue weighted by Crippen LogP contribution is 2.14. The Morgan fingerprint density at radius 2 is 1.95 bits per heavy atom. The van der Waals surface area contributed by atoms with Crippen LogP contribution in [0.25, 0.3) is 0 Å². The highest BCUT2D eigenvalue weighted by atomic mass is 16.2. The zero-order valence-electron chi connectivity index (χ0n) is 11.8. The minimum atomic E-state index is 0.239. The summed E-state index contributed by atoms with van der Waals surface area (Å²) in [6, 6.07) is 10.5. The molecule has 0 saturated carbocycles. The van der Waals surface area contributed by atoms with Crippen LogP contribution in [0.1, 0.15) is 24.8 Å². The summed E-state index contributed by atoms with van der Waals surface area (Å²) in [5.41, 5.74) is 1.35. The van der Waals surface area contributed by atoms with Gasteiger partial charge in [-0.05, 0) is 44.3 Å². The molecule has 1 amide bonds. The van der Waals surface area contributed by atoms with Gasteiger partial charge in [0.05, 0.1) is 0 Å². The van der Waals surface area contributed by atoms with Crippen LogP contribution in [0, 0.1) is 5.92 Å². The molecule has 0 bridgehead atoms. The van der Waals surface area contributed by atoms with Crippen molar-refractivity contribution >= 4 is 5.91 Å². The predicted octanol–water partition coefficient (Wildman–Crippen LogP) is 2.08. The third kappa shape index (κ3) is 4.35. The molecule has 1 aromatic carbocycles. The molecule has 1 aliphatic rings. The first-order valence-corrected chi connectivity index (χ1v) is 7.27. The van der Waals surface area contributed by atoms with Crippen LogP contribution in [0.3, 0.4) is 0 Å². The molecule has 1 saturated heterocycles. The van der Waals surface area contributed by atoms with Gasteiger partial charge in [0.25, 0.3) is 0 Å². The van der Waals surface area contributed by atoms with Crippen molar-refractivity contribution in [2.75, 3.05) is 26.7 Å². The summed E-state index contributed by atoms with van der Waals surface area (Å²) < 4.78 is 0. The van der Waals surface area contributed by atoms with Gasteiger partial charge in [-0.3, -0.25) is 4.79 Å². The van der Waals surface area contributed by atoms with Crippen molar-refractivity contribution in [3.8, 4) is 0 Å². The van der Waals surface area contributed by atoms with Crippen molar-refractivity contribution in [2.24, 2.45) is 5.92 Å². The lowest BCUT2D eigenvalue weighted by Gasteiger charge is -2.27. The molecule has 0 spiro atoms. The lowest BCUT2D eigenvalue weighted by Crippen LogP contribution is -2.39. The van der Waals surface area contributed by atoms with Crippen LogP contribution < -0.4 is 5.32 Å². The van der Waals surface area contributed by atoms with Crippen LogP contribution in [-0.2, 0) is 11.2 Å². The summed E-state index contributed by atoms with van der Waals surface area (Å²) in [5.74, 6) is 0.567. The molecule has 0 radical (unpaired) electrons. The zero-order valence-corrected chi connectivity index (χ0v) is 11.8. The molecule has 3 nitrogen and oxygen atoms in total. The normalized spacial score (nSPS) is 16.3. The Morgan fingerprint density at radius 3 is 2.63 bits per heavy atom. The molecule has 1 N–H and O–H groups in total. The fraction of sp³-hybridized carbons (Fsp3) is 0.562. The predicted molar refractivity (Wildman–Crippen MR) is 78.0 cm³/mol. The Balaban J connectivity index is 1.71. The van der Waals surface area contributed by atoms with E-state index < -0.39 is 0 Å². The van der Waals surface area contributed by atoms with Gasteiger partial charge in [0, 0.05) is 19.5 Å². The number of carbonyl (C=O) groups excluding carboxylic acids is 1. The fourth-order valence-corrected chi connectivity index (χ4v) is 2.66. The number of piperidine rings is 1. The number of nitrogens with one attached hydrogen (secondary N) is 1. The van der Waals surface area contributed by atoms with Gasteiger partial charge in [-0.2, -0.15) is 0 Å². The van der Waals surface area contributed by atoms with Gasteiger partial charge < -0.3 is 10.2 Å². The molecule has 104 valence electrons. The molecule has 0 aliphatic carbocycles. The van der Waals surface area contributed by atoms with E-state index in [1.54, 1.807) is 0 Å². The lowest BCUT2D eigenvalue weighted by atomic mass is 9.96. The summed E-state index contributed by atoms with van der Waals surface area (Å²) in [4.78, 5) is 14.2. The number of rotatable bonds is 5. The van der Waals surface area contributed by atoms with Crippen LogP contribution in [0.15, 0.2) is 30.3 Å². The second-order valence-corrected chi connectivity index (χ2v) is 5.37. The molecule has 2 rings (SSSR count). The van der Waals surface area contributed by atoms with Crippen molar-refractivity contribution in [3.63, 3.8) is 0 Å². The van der Waals surface area contributed by atoms with E-state index in [1.165, 1.54) is 5.56 Å². The molecule has 1 aromatic rings. The second-order valence-electron chi connectivity index (χ2n) is 5.37. The third-order valence-corrected chi connectivity index (χ3v) is 3.87. The zero-order chi connectivity index (χ0) is 13.5. The number of amides is 1. The topological polar surface area (TPSA) is 32.3 Å². The SMILES string of the molecule is CN(CCCc1ccccc1)C(=O)C1CCNCC1. The van der Waals surface area contributed by atoms with Gasteiger partial charge in [-0.15, -0.1) is 0 Å². The number of nitrogens with zero attached hydrogens (tertiary/aromatic N) is 1. The fourth-order valence-electron chi connectivity index (χ4n) is 2.66. The number of hydrogen-bond donors (Lipinski definition) is 1. The van der Waals surface area contributed by atoms with Crippen molar-refractivity contribution < 1.29 is 4.79 Å². The molecule has 19 heavy (non-hydrogen) atoms. The molecule has 1 aliphatic heterocycles. The van der Waals surface area contributed by atoms with Crippen LogP contribution in [0.5, 0.6) is 0 Å². The van der Waals surface area contributed by atoms with Crippen molar-refractivity contribution in [1.82, 2.24) is 10.2 Å². The second kappa shape index (κ2) is 7.29. The average Bonchev–Trinajstić information content (AvgIpc) is 2.48. The standard InChI is InChI=1S/C16H24N2O/c1-18(16(19)15-9-11-17-12-10-15)13-5-8-14-6-3-2-4-7-14/h2-4,6-7,15,17H,5,8-13H2,1H3. The van der Waals surface area contributed by atoms with Crippen LogP contribution in [-0.4, -0.2) is 37.5 Å². The number of hydrogen-bond acceptors (Lipinski definition) is 2. The quantitative estimate of drug-likeness (QED) is 0.879. The lowest BCUT2D eigenvalue weighted by molar-refractivity contribution is -0.135. The molecule has 1 fully saturated rings. The van der Waals surface area contributed by atoms with Gasteiger partial charge in [-0.25, -0.2) is 0 Å². The molecule has 0 unspecified atom stereocenters. The summed E-state index contributed by atoms with van der Waals surface area (Å²) in [7, 11) is 1.94. The Morgan fingerprint density at radius 1 is 1.26 bits per heavy atom. The number of aryl methyl sites for hydroxylation is 1. The molecular weight excluding hydrogens is 236 g/mol. The van der Waals surface area contributed by atoms with Crippen LogP contribution in [0.2, 0.25) is 0 Å². The van der Waals surface area contributed by atoms with Crippen molar-refractivity contribution in [2.45, 2.75) is 25.7 Å². The minimum absolute atomic E-state index is 0.239. The first kappa shape index (κ1) is 14.1. The monoisotopic (exact) mass is 260 g/mol. The number of carbonyl (C=O) groups is 1. The Kier molecular flexibility index (Phi) is 5.40. The van der Waals surface area contributed by atoms with E-state index in [0.29, 0.717) is 5.91 Å². The van der Waals surface area contributed by atoms with Gasteiger partial charge in [0.1, 0.15) is 0 Å². The van der Waals surface area contributed by atoms with E-state index in [4.69, 9.17) is 0 Å². The maximum absolute atomic E-state index is 12.2. The maximum atomic E-state index is 12.2. The summed E-state index contributed by atoms with van der Waals surface area (Å²) in [6.45, 7) is 2.82. The maximum Gasteiger partial charge on any atom is 0.225 e. The Labute approximate surface area is 116 Å². The highest BCUT2D eigenvalue weighted by Gasteiger charge is 2.23. The largest absolute Gasteiger partial charge is 0.346 e. The van der Waals surface area contributed by atoms with E-state index in [1.807, 2.05) is 18.0 Å². The van der Waals surface area contributed by atoms with Gasteiger partial charge in [0.2, 0.25) is 5.91 Å². The Bertz CT molecular complexity index is 385.